The van der Waals surface area contributed by atoms with Crippen LogP contribution in [-0.2, 0) is 27.2 Å². The minimum Gasteiger partial charge on any atom is -0.185 e. The van der Waals surface area contributed by atoms with Gasteiger partial charge in [0.2, 0.25) is 0 Å². The van der Waals surface area contributed by atoms with E-state index in [1.807, 2.05) is 0 Å². The molecule has 0 heterocycles. The summed E-state index contributed by atoms with van der Waals surface area (Å²) in [4.78, 5) is 0. The van der Waals surface area contributed by atoms with Crippen LogP contribution in [0.4, 0.5) is 0 Å². The van der Waals surface area contributed by atoms with Gasteiger partial charge in [-0.15, -0.1) is 9.05 Å². The highest BCUT2D eigenvalue weighted by molar-refractivity contribution is 7.34. The van der Waals surface area contributed by atoms with Crippen molar-refractivity contribution >= 4 is 16.5 Å². The first kappa shape index (κ1) is 13.5. The summed E-state index contributed by atoms with van der Waals surface area (Å²) in [6.45, 7) is 7.01. The second kappa shape index (κ2) is 7.83. The molecule has 0 radical (unpaired) electrons. The average Bonchev–Trinajstić information content (AvgIpc) is 2.03. The molecule has 0 spiro atoms. The van der Waals surface area contributed by atoms with Gasteiger partial charge in [0.15, 0.2) is 0 Å². The summed E-state index contributed by atoms with van der Waals surface area (Å²) in [7, 11) is -4.64. The highest BCUT2D eigenvalue weighted by Crippen LogP contribution is 2.33. The molecular formula is C6H12O6P2+2. The lowest BCUT2D eigenvalue weighted by molar-refractivity contribution is 0.177. The summed E-state index contributed by atoms with van der Waals surface area (Å²) in [6.07, 6.45) is 0. The van der Waals surface area contributed by atoms with Crippen LogP contribution in [0.5, 0.6) is 0 Å². The lowest BCUT2D eigenvalue weighted by atomic mass is 10.9. The molecule has 0 aliphatic heterocycles. The predicted octanol–water partition coefficient (Wildman–Crippen LogP) is 2.88. The lowest BCUT2D eigenvalue weighted by Crippen LogP contribution is -1.88. The topological polar surface area (TPSA) is 71.1 Å². The molecule has 0 aromatic heterocycles. The van der Waals surface area contributed by atoms with E-state index in [2.05, 4.69) is 24.7 Å². The molecule has 0 bridgehead atoms. The van der Waals surface area contributed by atoms with Crippen LogP contribution in [0.2, 0.25) is 0 Å². The summed E-state index contributed by atoms with van der Waals surface area (Å²) in [6, 6.07) is 0. The zero-order valence-electron chi connectivity index (χ0n) is 7.97. The maximum atomic E-state index is 10.8. The van der Waals surface area contributed by atoms with Gasteiger partial charge < -0.3 is 0 Å². The fraction of sp³-hybridized carbons (Fsp3) is 0.667. The van der Waals surface area contributed by atoms with E-state index in [0.717, 1.165) is 0 Å². The molecule has 0 aromatic rings. The zero-order valence-corrected chi connectivity index (χ0v) is 9.75. The van der Waals surface area contributed by atoms with Crippen molar-refractivity contribution in [3.05, 3.63) is 12.5 Å². The molecule has 0 N–H and O–H groups in total. The maximum Gasteiger partial charge on any atom is 0.753 e. The van der Waals surface area contributed by atoms with Crippen LogP contribution in [0.1, 0.15) is 13.8 Å². The maximum absolute atomic E-state index is 10.8. The molecule has 0 rings (SSSR count). The molecule has 2 atom stereocenters. The van der Waals surface area contributed by atoms with Crippen LogP contribution < -0.4 is 0 Å². The van der Waals surface area contributed by atoms with Crippen molar-refractivity contribution in [2.45, 2.75) is 13.8 Å². The average molecular weight is 242 g/mol. The van der Waals surface area contributed by atoms with Gasteiger partial charge in [0.05, 0.1) is 0 Å². The first-order chi connectivity index (χ1) is 6.60. The molecule has 0 aromatic carbocycles. The Labute approximate surface area is 84.1 Å². The lowest BCUT2D eigenvalue weighted by Gasteiger charge is -1.88. The van der Waals surface area contributed by atoms with Crippen LogP contribution in [0.25, 0.3) is 0 Å². The quantitative estimate of drug-likeness (QED) is 0.481. The highest BCUT2D eigenvalue weighted by atomic mass is 31.1. The Morgan fingerprint density at radius 3 is 1.71 bits per heavy atom. The first-order valence-electron chi connectivity index (χ1n) is 3.85. The van der Waals surface area contributed by atoms with Gasteiger partial charge in [0.25, 0.3) is 0 Å². The zero-order chi connectivity index (χ0) is 11.0. The Balaban J connectivity index is 3.75. The van der Waals surface area contributed by atoms with Crippen molar-refractivity contribution in [1.82, 2.24) is 0 Å². The van der Waals surface area contributed by atoms with Crippen LogP contribution in [-0.4, -0.2) is 13.2 Å². The van der Waals surface area contributed by atoms with Crippen LogP contribution in [0.3, 0.4) is 0 Å². The van der Waals surface area contributed by atoms with Crippen LogP contribution in [0.15, 0.2) is 12.5 Å². The van der Waals surface area contributed by atoms with Crippen molar-refractivity contribution in [1.29, 1.82) is 0 Å². The molecule has 0 saturated carbocycles. The summed E-state index contributed by atoms with van der Waals surface area (Å²) in [5.74, 6) is -0.353. The Kier molecular flexibility index (Phi) is 7.52. The monoisotopic (exact) mass is 242 g/mol. The summed E-state index contributed by atoms with van der Waals surface area (Å²) >= 11 is 0. The van der Waals surface area contributed by atoms with E-state index in [-0.39, 0.29) is 19.2 Å². The van der Waals surface area contributed by atoms with Gasteiger partial charge in [-0.3, -0.25) is 0 Å². The summed E-state index contributed by atoms with van der Waals surface area (Å²) < 4.78 is 39.8. The first-order valence-corrected chi connectivity index (χ1v) is 6.04. The van der Waals surface area contributed by atoms with Crippen molar-refractivity contribution < 1.29 is 27.2 Å². The molecule has 0 aliphatic rings. The second-order valence-corrected chi connectivity index (χ2v) is 3.61. The van der Waals surface area contributed by atoms with Gasteiger partial charge in [0.1, 0.15) is 13.2 Å². The third-order valence-corrected chi connectivity index (χ3v) is 2.47. The minimum absolute atomic E-state index is 0.236. The largest absolute Gasteiger partial charge is 0.753 e. The van der Waals surface area contributed by atoms with Crippen molar-refractivity contribution in [3.63, 3.8) is 0 Å². The van der Waals surface area contributed by atoms with Crippen LogP contribution in [0, 0.1) is 0 Å². The normalized spacial score (nSPS) is 11.9. The van der Waals surface area contributed by atoms with E-state index in [9.17, 15) is 9.13 Å². The fourth-order valence-corrected chi connectivity index (χ4v) is 1.44. The second-order valence-electron chi connectivity index (χ2n) is 1.84. The van der Waals surface area contributed by atoms with Gasteiger partial charge in [0, 0.05) is 9.13 Å². The third-order valence-electron chi connectivity index (χ3n) is 0.822. The molecule has 6 nitrogen and oxygen atoms in total. The van der Waals surface area contributed by atoms with Gasteiger partial charge in [-0.05, 0) is 20.4 Å². The Morgan fingerprint density at radius 2 is 1.43 bits per heavy atom. The molecule has 8 heteroatoms. The predicted molar refractivity (Wildman–Crippen MR) is 49.8 cm³/mol. The van der Waals surface area contributed by atoms with Gasteiger partial charge in [-0.2, -0.15) is 9.05 Å². The van der Waals surface area contributed by atoms with E-state index in [0.29, 0.717) is 0 Å². The highest BCUT2D eigenvalue weighted by Gasteiger charge is 2.30. The van der Waals surface area contributed by atoms with E-state index >= 15 is 0 Å². The van der Waals surface area contributed by atoms with Gasteiger partial charge in [-0.25, -0.2) is 0 Å². The van der Waals surface area contributed by atoms with E-state index in [1.165, 1.54) is 0 Å². The molecule has 0 aliphatic carbocycles. The molecule has 80 valence electrons. The van der Waals surface area contributed by atoms with Crippen LogP contribution >= 0.6 is 16.5 Å². The van der Waals surface area contributed by atoms with Gasteiger partial charge >= 0.3 is 22.5 Å². The standard InChI is InChI=1S/C6H12O6P2/c1-4-9-13(7)11-6(3)12-14(8)10-5-2/h3-5H2,1-2H3/q+2. The van der Waals surface area contributed by atoms with E-state index in [4.69, 9.17) is 0 Å². The Bertz CT molecular complexity index is 206. The van der Waals surface area contributed by atoms with Crippen molar-refractivity contribution in [3.8, 4) is 0 Å². The molecule has 2 unspecified atom stereocenters. The Morgan fingerprint density at radius 1 is 1.07 bits per heavy atom. The number of rotatable bonds is 8. The minimum atomic E-state index is -2.32. The Hall–Kier alpha value is -0.540. The van der Waals surface area contributed by atoms with E-state index in [1.54, 1.807) is 13.8 Å². The molecule has 0 fully saturated rings. The molecule has 14 heavy (non-hydrogen) atoms. The number of hydrogen-bond donors (Lipinski definition) is 0. The van der Waals surface area contributed by atoms with E-state index < -0.39 is 16.5 Å². The number of hydrogen-bond acceptors (Lipinski definition) is 6. The molecule has 0 amide bonds. The van der Waals surface area contributed by atoms with Crippen molar-refractivity contribution in [2.75, 3.05) is 13.2 Å². The summed E-state index contributed by atoms with van der Waals surface area (Å²) in [5, 5.41) is 0. The third kappa shape index (κ3) is 6.92. The SMILES string of the molecule is C=C(O[P+](=O)OCC)O[P+](=O)OCC. The molecular weight excluding hydrogens is 230 g/mol. The van der Waals surface area contributed by atoms with Crippen molar-refractivity contribution in [2.24, 2.45) is 0 Å². The fourth-order valence-electron chi connectivity index (χ4n) is 0.446. The smallest absolute Gasteiger partial charge is 0.185 e. The summed E-state index contributed by atoms with van der Waals surface area (Å²) in [5.41, 5.74) is 0. The molecule has 0 saturated heterocycles. The van der Waals surface area contributed by atoms with Gasteiger partial charge in [-0.1, -0.05) is 0 Å².